The number of amides is 1. The van der Waals surface area contributed by atoms with Crippen molar-refractivity contribution in [2.75, 3.05) is 0 Å². The van der Waals surface area contributed by atoms with E-state index in [4.69, 9.17) is 0 Å². The summed E-state index contributed by atoms with van der Waals surface area (Å²) in [4.78, 5) is 23.3. The number of aromatic nitrogens is 2. The highest BCUT2D eigenvalue weighted by molar-refractivity contribution is 5.81. The molecule has 104 valence electrons. The highest BCUT2D eigenvalue weighted by Gasteiger charge is 2.32. The van der Waals surface area contributed by atoms with Gasteiger partial charge in [-0.2, -0.15) is 5.10 Å². The molecule has 0 bridgehead atoms. The molecule has 6 nitrogen and oxygen atoms in total. The lowest BCUT2D eigenvalue weighted by molar-refractivity contribution is -0.144. The minimum absolute atomic E-state index is 0.179. The summed E-state index contributed by atoms with van der Waals surface area (Å²) in [6, 6.07) is 1.06. The zero-order valence-electron chi connectivity index (χ0n) is 11.0. The van der Waals surface area contributed by atoms with Gasteiger partial charge in [0.1, 0.15) is 6.04 Å². The zero-order valence-corrected chi connectivity index (χ0v) is 11.0. The second-order valence-electron chi connectivity index (χ2n) is 5.01. The van der Waals surface area contributed by atoms with E-state index in [1.54, 1.807) is 30.1 Å². The number of carbonyl (C=O) groups excluding carboxylic acids is 1. The van der Waals surface area contributed by atoms with Crippen molar-refractivity contribution in [1.82, 2.24) is 15.1 Å². The summed E-state index contributed by atoms with van der Waals surface area (Å²) in [5, 5.41) is 16.1. The number of carbonyl (C=O) groups is 2. The van der Waals surface area contributed by atoms with Gasteiger partial charge in [0.25, 0.3) is 0 Å². The molecule has 0 aromatic carbocycles. The van der Waals surface area contributed by atoms with E-state index in [0.717, 1.165) is 19.3 Å². The first-order valence-electron chi connectivity index (χ1n) is 6.62. The Kier molecular flexibility index (Phi) is 4.19. The molecule has 1 fully saturated rings. The molecule has 19 heavy (non-hydrogen) atoms. The second kappa shape index (κ2) is 5.86. The van der Waals surface area contributed by atoms with Crippen LogP contribution in [0.4, 0.5) is 0 Å². The number of rotatable bonds is 4. The summed E-state index contributed by atoms with van der Waals surface area (Å²) in [7, 11) is 0. The Morgan fingerprint density at radius 3 is 2.79 bits per heavy atom. The van der Waals surface area contributed by atoms with Gasteiger partial charge in [0.05, 0.1) is 5.92 Å². The van der Waals surface area contributed by atoms with Crippen LogP contribution in [-0.2, 0) is 9.59 Å². The third kappa shape index (κ3) is 3.13. The fraction of sp³-hybridized carbons (Fsp3) is 0.615. The minimum Gasteiger partial charge on any atom is -0.481 e. The van der Waals surface area contributed by atoms with Crippen molar-refractivity contribution in [3.63, 3.8) is 0 Å². The van der Waals surface area contributed by atoms with Gasteiger partial charge in [0.2, 0.25) is 5.91 Å². The van der Waals surface area contributed by atoms with E-state index in [0.29, 0.717) is 6.42 Å². The quantitative estimate of drug-likeness (QED) is 0.856. The molecular weight excluding hydrogens is 246 g/mol. The van der Waals surface area contributed by atoms with Crippen LogP contribution in [-0.4, -0.2) is 32.8 Å². The Bertz CT molecular complexity index is 444. The third-order valence-corrected chi connectivity index (χ3v) is 3.71. The van der Waals surface area contributed by atoms with Crippen molar-refractivity contribution >= 4 is 11.9 Å². The lowest BCUT2D eigenvalue weighted by Crippen LogP contribution is -2.47. The third-order valence-electron chi connectivity index (χ3n) is 3.71. The van der Waals surface area contributed by atoms with Gasteiger partial charge >= 0.3 is 5.97 Å². The normalized spacial score (nSPS) is 24.7. The van der Waals surface area contributed by atoms with Crippen molar-refractivity contribution in [2.24, 2.45) is 5.92 Å². The highest BCUT2D eigenvalue weighted by Crippen LogP contribution is 2.25. The number of carboxylic acid groups (broad SMARTS) is 1. The average molecular weight is 265 g/mol. The first-order chi connectivity index (χ1) is 9.09. The highest BCUT2D eigenvalue weighted by atomic mass is 16.4. The van der Waals surface area contributed by atoms with Gasteiger partial charge < -0.3 is 10.4 Å². The van der Waals surface area contributed by atoms with E-state index in [2.05, 4.69) is 10.4 Å². The average Bonchev–Trinajstić information content (AvgIpc) is 2.92. The Morgan fingerprint density at radius 1 is 1.42 bits per heavy atom. The maximum atomic E-state index is 12.1. The smallest absolute Gasteiger partial charge is 0.308 e. The molecule has 0 aliphatic heterocycles. The summed E-state index contributed by atoms with van der Waals surface area (Å²) in [5.74, 6) is -1.47. The van der Waals surface area contributed by atoms with Crippen LogP contribution in [0.2, 0.25) is 0 Å². The predicted molar refractivity (Wildman–Crippen MR) is 68.5 cm³/mol. The first kappa shape index (κ1) is 13.6. The summed E-state index contributed by atoms with van der Waals surface area (Å²) in [5.41, 5.74) is 0. The number of hydrogen-bond acceptors (Lipinski definition) is 3. The van der Waals surface area contributed by atoms with Crippen molar-refractivity contribution < 1.29 is 14.7 Å². The molecule has 3 atom stereocenters. The number of nitrogens with zero attached hydrogens (tertiary/aromatic N) is 2. The van der Waals surface area contributed by atoms with Gasteiger partial charge in [-0.3, -0.25) is 14.3 Å². The molecule has 1 saturated carbocycles. The van der Waals surface area contributed by atoms with Gasteiger partial charge in [-0.15, -0.1) is 0 Å². The van der Waals surface area contributed by atoms with Crippen LogP contribution in [0.5, 0.6) is 0 Å². The standard InChI is InChI=1S/C13H19N3O3/c1-9(16-8-4-7-14-16)12(17)15-11-6-3-2-5-10(11)13(18)19/h4,7-11H,2-3,5-6H2,1H3,(H,15,17)(H,18,19). The van der Waals surface area contributed by atoms with Crippen molar-refractivity contribution in [3.05, 3.63) is 18.5 Å². The predicted octanol–water partition coefficient (Wildman–Crippen LogP) is 1.20. The molecule has 1 aliphatic rings. The maximum Gasteiger partial charge on any atom is 0.308 e. The van der Waals surface area contributed by atoms with Gasteiger partial charge in [-0.05, 0) is 25.8 Å². The van der Waals surface area contributed by atoms with E-state index >= 15 is 0 Å². The number of hydrogen-bond donors (Lipinski definition) is 2. The van der Waals surface area contributed by atoms with Gasteiger partial charge in [-0.1, -0.05) is 12.8 Å². The molecule has 1 aromatic heterocycles. The Morgan fingerprint density at radius 2 is 2.16 bits per heavy atom. The molecule has 1 aromatic rings. The van der Waals surface area contributed by atoms with Gasteiger partial charge in [-0.25, -0.2) is 0 Å². The van der Waals surface area contributed by atoms with Crippen LogP contribution >= 0.6 is 0 Å². The first-order valence-corrected chi connectivity index (χ1v) is 6.62. The Balaban J connectivity index is 1.99. The van der Waals surface area contributed by atoms with Crippen molar-refractivity contribution in [3.8, 4) is 0 Å². The monoisotopic (exact) mass is 265 g/mol. The van der Waals surface area contributed by atoms with E-state index in [1.165, 1.54) is 0 Å². The fourth-order valence-electron chi connectivity index (χ4n) is 2.53. The van der Waals surface area contributed by atoms with E-state index < -0.39 is 17.9 Å². The van der Waals surface area contributed by atoms with Crippen LogP contribution in [0.1, 0.15) is 38.6 Å². The molecule has 1 amide bonds. The molecule has 0 saturated heterocycles. The number of carboxylic acids is 1. The molecule has 3 unspecified atom stereocenters. The van der Waals surface area contributed by atoms with E-state index in [-0.39, 0.29) is 11.9 Å². The van der Waals surface area contributed by atoms with Crippen LogP contribution in [0.15, 0.2) is 18.5 Å². The van der Waals surface area contributed by atoms with E-state index in [1.807, 2.05) is 0 Å². The topological polar surface area (TPSA) is 84.2 Å². The molecular formula is C13H19N3O3. The summed E-state index contributed by atoms with van der Waals surface area (Å²) >= 11 is 0. The molecule has 2 rings (SSSR count). The molecule has 0 radical (unpaired) electrons. The molecule has 2 N–H and O–H groups in total. The zero-order chi connectivity index (χ0) is 13.8. The summed E-state index contributed by atoms with van der Waals surface area (Å²) < 4.78 is 1.56. The van der Waals surface area contributed by atoms with Crippen LogP contribution < -0.4 is 5.32 Å². The summed E-state index contributed by atoms with van der Waals surface area (Å²) in [6.07, 6.45) is 6.58. The lowest BCUT2D eigenvalue weighted by atomic mass is 9.84. The molecule has 0 spiro atoms. The maximum absolute atomic E-state index is 12.1. The Hall–Kier alpha value is -1.85. The largest absolute Gasteiger partial charge is 0.481 e. The summed E-state index contributed by atoms with van der Waals surface area (Å²) in [6.45, 7) is 1.75. The van der Waals surface area contributed by atoms with Crippen LogP contribution in [0.3, 0.4) is 0 Å². The minimum atomic E-state index is -0.822. The number of nitrogens with one attached hydrogen (secondary N) is 1. The Labute approximate surface area is 111 Å². The molecule has 6 heteroatoms. The molecule has 1 heterocycles. The van der Waals surface area contributed by atoms with Gasteiger partial charge in [0, 0.05) is 18.4 Å². The van der Waals surface area contributed by atoms with Gasteiger partial charge in [0.15, 0.2) is 0 Å². The van der Waals surface area contributed by atoms with E-state index in [9.17, 15) is 14.7 Å². The fourth-order valence-corrected chi connectivity index (χ4v) is 2.53. The number of aliphatic carboxylic acids is 1. The second-order valence-corrected chi connectivity index (χ2v) is 5.01. The van der Waals surface area contributed by atoms with Crippen molar-refractivity contribution in [1.29, 1.82) is 0 Å². The molecule has 1 aliphatic carbocycles. The lowest BCUT2D eigenvalue weighted by Gasteiger charge is -2.30. The van der Waals surface area contributed by atoms with Crippen molar-refractivity contribution in [2.45, 2.75) is 44.7 Å². The van der Waals surface area contributed by atoms with Crippen LogP contribution in [0, 0.1) is 5.92 Å². The van der Waals surface area contributed by atoms with Crippen LogP contribution in [0.25, 0.3) is 0 Å². The SMILES string of the molecule is CC(C(=O)NC1CCCCC1C(=O)O)n1cccn1.